The minimum Gasteiger partial charge on any atom is -0.395 e. The van der Waals surface area contributed by atoms with Crippen LogP contribution >= 0.6 is 0 Å². The third-order valence-corrected chi connectivity index (χ3v) is 3.87. The zero-order valence-electron chi connectivity index (χ0n) is 13.6. The lowest BCUT2D eigenvalue weighted by molar-refractivity contribution is 0.311. The Bertz CT molecular complexity index is 632. The summed E-state index contributed by atoms with van der Waals surface area (Å²) in [6.45, 7) is 0.952. The van der Waals surface area contributed by atoms with Crippen molar-refractivity contribution in [2.45, 2.75) is 38.3 Å². The molecule has 0 aromatic carbocycles. The SMILES string of the molecule is OCCNc1nc(NCc2ccccn2)nc(NC2CCCC2)n1. The van der Waals surface area contributed by atoms with E-state index in [1.165, 1.54) is 12.8 Å². The van der Waals surface area contributed by atoms with Crippen molar-refractivity contribution < 1.29 is 5.11 Å². The Hall–Kier alpha value is -2.48. The third kappa shape index (κ3) is 4.76. The van der Waals surface area contributed by atoms with Crippen LogP contribution in [-0.4, -0.2) is 44.2 Å². The molecule has 1 aliphatic carbocycles. The number of anilines is 3. The molecule has 1 aliphatic rings. The Morgan fingerprint density at radius 1 is 1.00 bits per heavy atom. The minimum absolute atomic E-state index is 0.0216. The number of nitrogens with one attached hydrogen (secondary N) is 3. The molecule has 2 aromatic heterocycles. The summed E-state index contributed by atoms with van der Waals surface area (Å²) >= 11 is 0. The molecule has 0 aliphatic heterocycles. The summed E-state index contributed by atoms with van der Waals surface area (Å²) in [4.78, 5) is 17.4. The average Bonchev–Trinajstić information content (AvgIpc) is 3.12. The molecule has 1 fully saturated rings. The first-order valence-electron chi connectivity index (χ1n) is 8.34. The number of hydrogen-bond acceptors (Lipinski definition) is 8. The van der Waals surface area contributed by atoms with Crippen molar-refractivity contribution in [3.63, 3.8) is 0 Å². The van der Waals surface area contributed by atoms with Gasteiger partial charge < -0.3 is 21.1 Å². The molecule has 4 N–H and O–H groups in total. The van der Waals surface area contributed by atoms with Gasteiger partial charge >= 0.3 is 0 Å². The van der Waals surface area contributed by atoms with Crippen LogP contribution in [0.5, 0.6) is 0 Å². The molecule has 2 heterocycles. The van der Waals surface area contributed by atoms with E-state index in [-0.39, 0.29) is 6.61 Å². The van der Waals surface area contributed by atoms with Gasteiger partial charge in [-0.15, -0.1) is 0 Å². The Balaban J connectivity index is 1.70. The van der Waals surface area contributed by atoms with Gasteiger partial charge in [-0.1, -0.05) is 18.9 Å². The van der Waals surface area contributed by atoms with Crippen LogP contribution in [0, 0.1) is 0 Å². The Morgan fingerprint density at radius 2 is 1.75 bits per heavy atom. The van der Waals surface area contributed by atoms with E-state index in [9.17, 15) is 0 Å². The van der Waals surface area contributed by atoms with Crippen molar-refractivity contribution in [1.29, 1.82) is 0 Å². The second kappa shape index (κ2) is 8.39. The molecule has 0 spiro atoms. The van der Waals surface area contributed by atoms with E-state index in [0.29, 0.717) is 37.0 Å². The number of aliphatic hydroxyl groups is 1. The molecule has 0 atom stereocenters. The van der Waals surface area contributed by atoms with E-state index >= 15 is 0 Å². The molecular weight excluding hydrogens is 306 g/mol. The lowest BCUT2D eigenvalue weighted by atomic mass is 10.3. The molecule has 0 radical (unpaired) electrons. The first-order chi connectivity index (χ1) is 11.8. The van der Waals surface area contributed by atoms with E-state index in [4.69, 9.17) is 5.11 Å². The molecule has 2 aromatic rings. The van der Waals surface area contributed by atoms with Gasteiger partial charge in [-0.3, -0.25) is 4.98 Å². The second-order valence-electron chi connectivity index (χ2n) is 5.76. The summed E-state index contributed by atoms with van der Waals surface area (Å²) in [5.74, 6) is 1.49. The molecule has 24 heavy (non-hydrogen) atoms. The van der Waals surface area contributed by atoms with Gasteiger partial charge in [-0.05, 0) is 25.0 Å². The Morgan fingerprint density at radius 3 is 2.46 bits per heavy atom. The highest BCUT2D eigenvalue weighted by Gasteiger charge is 2.16. The normalized spacial score (nSPS) is 14.5. The van der Waals surface area contributed by atoms with Gasteiger partial charge in [0, 0.05) is 18.8 Å². The average molecular weight is 329 g/mol. The molecule has 128 valence electrons. The standard InChI is InChI=1S/C16H23N7O/c24-10-9-18-14-21-15(19-11-13-7-3-4-8-17-13)23-16(22-14)20-12-5-1-2-6-12/h3-4,7-8,12,24H,1-2,5-6,9-11H2,(H3,18,19,20,21,22,23). The van der Waals surface area contributed by atoms with Gasteiger partial charge in [0.2, 0.25) is 17.8 Å². The number of aromatic nitrogens is 4. The van der Waals surface area contributed by atoms with Gasteiger partial charge in [0.15, 0.2) is 0 Å². The molecule has 0 saturated heterocycles. The second-order valence-corrected chi connectivity index (χ2v) is 5.76. The number of aliphatic hydroxyl groups excluding tert-OH is 1. The summed E-state index contributed by atoms with van der Waals surface area (Å²) < 4.78 is 0. The van der Waals surface area contributed by atoms with E-state index in [1.807, 2.05) is 18.2 Å². The lowest BCUT2D eigenvalue weighted by Gasteiger charge is -2.14. The molecule has 8 nitrogen and oxygen atoms in total. The molecular formula is C16H23N7O. The topological polar surface area (TPSA) is 108 Å². The van der Waals surface area contributed by atoms with Crippen LogP contribution in [0.4, 0.5) is 17.8 Å². The van der Waals surface area contributed by atoms with Crippen molar-refractivity contribution in [3.05, 3.63) is 30.1 Å². The van der Waals surface area contributed by atoms with Gasteiger partial charge in [-0.25, -0.2) is 0 Å². The zero-order chi connectivity index (χ0) is 16.6. The van der Waals surface area contributed by atoms with Crippen LogP contribution < -0.4 is 16.0 Å². The fraction of sp³-hybridized carbons (Fsp3) is 0.500. The predicted octanol–water partition coefficient (Wildman–Crippen LogP) is 1.64. The van der Waals surface area contributed by atoms with Crippen molar-refractivity contribution in [3.8, 4) is 0 Å². The first-order valence-corrected chi connectivity index (χ1v) is 8.34. The highest BCUT2D eigenvalue weighted by molar-refractivity contribution is 5.42. The van der Waals surface area contributed by atoms with Crippen LogP contribution in [0.2, 0.25) is 0 Å². The van der Waals surface area contributed by atoms with Crippen LogP contribution in [0.1, 0.15) is 31.4 Å². The van der Waals surface area contributed by atoms with E-state index < -0.39 is 0 Å². The van der Waals surface area contributed by atoms with Crippen molar-refractivity contribution in [2.75, 3.05) is 29.1 Å². The number of pyridine rings is 1. The predicted molar refractivity (Wildman–Crippen MR) is 92.8 cm³/mol. The first kappa shape index (κ1) is 16.4. The minimum atomic E-state index is 0.0216. The lowest BCUT2D eigenvalue weighted by Crippen LogP contribution is -2.19. The molecule has 0 unspecified atom stereocenters. The molecule has 3 rings (SSSR count). The van der Waals surface area contributed by atoms with E-state index in [0.717, 1.165) is 18.5 Å². The maximum atomic E-state index is 8.97. The fourth-order valence-electron chi connectivity index (χ4n) is 2.69. The summed E-state index contributed by atoms with van der Waals surface area (Å²) in [6, 6.07) is 6.18. The third-order valence-electron chi connectivity index (χ3n) is 3.87. The molecule has 0 bridgehead atoms. The summed E-state index contributed by atoms with van der Waals surface area (Å²) in [5, 5.41) is 18.5. The Labute approximate surface area is 141 Å². The maximum Gasteiger partial charge on any atom is 0.229 e. The Kier molecular flexibility index (Phi) is 5.73. The van der Waals surface area contributed by atoms with Crippen LogP contribution in [0.15, 0.2) is 24.4 Å². The summed E-state index contributed by atoms with van der Waals surface area (Å²) in [7, 11) is 0. The zero-order valence-corrected chi connectivity index (χ0v) is 13.6. The van der Waals surface area contributed by atoms with Crippen LogP contribution in [0.25, 0.3) is 0 Å². The van der Waals surface area contributed by atoms with E-state index in [1.54, 1.807) is 6.20 Å². The van der Waals surface area contributed by atoms with Gasteiger partial charge in [0.05, 0.1) is 18.8 Å². The van der Waals surface area contributed by atoms with Crippen molar-refractivity contribution in [1.82, 2.24) is 19.9 Å². The maximum absolute atomic E-state index is 8.97. The molecule has 0 amide bonds. The highest BCUT2D eigenvalue weighted by Crippen LogP contribution is 2.21. The summed E-state index contributed by atoms with van der Waals surface area (Å²) in [6.07, 6.45) is 6.52. The highest BCUT2D eigenvalue weighted by atomic mass is 16.3. The fourth-order valence-corrected chi connectivity index (χ4v) is 2.69. The van der Waals surface area contributed by atoms with Gasteiger partial charge in [0.25, 0.3) is 0 Å². The number of rotatable bonds is 8. The number of hydrogen-bond donors (Lipinski definition) is 4. The molecule has 8 heteroatoms. The van der Waals surface area contributed by atoms with Crippen LogP contribution in [0.3, 0.4) is 0 Å². The molecule has 1 saturated carbocycles. The smallest absolute Gasteiger partial charge is 0.229 e. The van der Waals surface area contributed by atoms with Crippen LogP contribution in [-0.2, 0) is 6.54 Å². The largest absolute Gasteiger partial charge is 0.395 e. The van der Waals surface area contributed by atoms with E-state index in [2.05, 4.69) is 35.9 Å². The quantitative estimate of drug-likeness (QED) is 0.579. The van der Waals surface area contributed by atoms with Gasteiger partial charge in [-0.2, -0.15) is 15.0 Å². The number of nitrogens with zero attached hydrogens (tertiary/aromatic N) is 4. The monoisotopic (exact) mass is 329 g/mol. The van der Waals surface area contributed by atoms with Crippen molar-refractivity contribution >= 4 is 17.8 Å². The van der Waals surface area contributed by atoms with Crippen molar-refractivity contribution in [2.24, 2.45) is 0 Å². The summed E-state index contributed by atoms with van der Waals surface area (Å²) in [5.41, 5.74) is 0.910. The van der Waals surface area contributed by atoms with Gasteiger partial charge in [0.1, 0.15) is 0 Å².